The van der Waals surface area contributed by atoms with Crippen molar-refractivity contribution >= 4 is 5.78 Å². The number of rotatable bonds is 7. The topological polar surface area (TPSA) is 185 Å². The third-order valence-electron chi connectivity index (χ3n) is 5.71. The van der Waals surface area contributed by atoms with E-state index in [0.717, 1.165) is 0 Å². The number of benzene rings is 1. The van der Waals surface area contributed by atoms with Gasteiger partial charge in [-0.05, 0) is 32.0 Å². The van der Waals surface area contributed by atoms with Gasteiger partial charge >= 0.3 is 0 Å². The van der Waals surface area contributed by atoms with Crippen LogP contribution in [0.4, 0.5) is 0 Å². The number of ether oxygens (including phenoxy) is 5. The fourth-order valence-corrected chi connectivity index (χ4v) is 3.60. The first kappa shape index (κ1) is 25.7. The van der Waals surface area contributed by atoms with Crippen molar-refractivity contribution < 1.29 is 59.1 Å². The Bertz CT molecular complexity index is 818. The highest BCUT2D eigenvalue weighted by atomic mass is 16.7. The molecule has 0 aromatic heterocycles. The smallest absolute Gasteiger partial charge is 0.229 e. The molecular weight excluding hydrogens is 444 g/mol. The summed E-state index contributed by atoms with van der Waals surface area (Å²) in [5.41, 5.74) is 0.374. The molecule has 2 aliphatic rings. The van der Waals surface area contributed by atoms with Gasteiger partial charge in [0.05, 0.1) is 19.8 Å². The minimum atomic E-state index is -1.66. The highest BCUT2D eigenvalue weighted by Crippen LogP contribution is 2.32. The predicted molar refractivity (Wildman–Crippen MR) is 109 cm³/mol. The number of hydrogen-bond acceptors (Lipinski definition) is 12. The van der Waals surface area contributed by atoms with Gasteiger partial charge in [-0.1, -0.05) is 0 Å². The molecular formula is C21H30O12. The molecule has 0 radical (unpaired) electrons. The van der Waals surface area contributed by atoms with Gasteiger partial charge in [0, 0.05) is 5.56 Å². The van der Waals surface area contributed by atoms with E-state index in [1.807, 2.05) is 0 Å². The maximum Gasteiger partial charge on any atom is 0.229 e. The number of carbonyl (C=O) groups excluding carboxylic acids is 1. The summed E-state index contributed by atoms with van der Waals surface area (Å²) in [5.74, 6) is 0.114. The van der Waals surface area contributed by atoms with Gasteiger partial charge in [0.2, 0.25) is 6.29 Å². The second-order valence-electron chi connectivity index (χ2n) is 8.07. The molecule has 2 heterocycles. The van der Waals surface area contributed by atoms with Crippen LogP contribution >= 0.6 is 0 Å². The molecule has 2 saturated heterocycles. The lowest BCUT2D eigenvalue weighted by Crippen LogP contribution is -2.61. The van der Waals surface area contributed by atoms with Crippen LogP contribution in [0.3, 0.4) is 0 Å². The van der Waals surface area contributed by atoms with Gasteiger partial charge in [-0.3, -0.25) is 4.79 Å². The van der Waals surface area contributed by atoms with Crippen LogP contribution in [0.2, 0.25) is 0 Å². The second-order valence-corrected chi connectivity index (χ2v) is 8.07. The summed E-state index contributed by atoms with van der Waals surface area (Å²) in [7, 11) is 1.36. The highest BCUT2D eigenvalue weighted by Gasteiger charge is 2.47. The summed E-state index contributed by atoms with van der Waals surface area (Å²) in [6, 6.07) is 4.38. The lowest BCUT2D eigenvalue weighted by atomic mass is 9.98. The lowest BCUT2D eigenvalue weighted by Gasteiger charge is -2.42. The maximum absolute atomic E-state index is 11.6. The van der Waals surface area contributed by atoms with Crippen molar-refractivity contribution in [3.63, 3.8) is 0 Å². The second kappa shape index (κ2) is 10.6. The van der Waals surface area contributed by atoms with Gasteiger partial charge in [0.1, 0.15) is 42.7 Å². The number of aliphatic hydroxyl groups is 6. The van der Waals surface area contributed by atoms with E-state index in [1.54, 1.807) is 0 Å². The number of aliphatic hydroxyl groups excluding tert-OH is 6. The predicted octanol–water partition coefficient (Wildman–Crippen LogP) is -2.07. The molecule has 0 unspecified atom stereocenters. The maximum atomic E-state index is 11.6. The number of carbonyl (C=O) groups is 1. The van der Waals surface area contributed by atoms with E-state index in [9.17, 15) is 35.4 Å². The van der Waals surface area contributed by atoms with Crippen LogP contribution in [-0.2, 0) is 14.2 Å². The zero-order valence-electron chi connectivity index (χ0n) is 18.3. The fourth-order valence-electron chi connectivity index (χ4n) is 3.60. The molecule has 6 N–H and O–H groups in total. The zero-order chi connectivity index (χ0) is 24.4. The van der Waals surface area contributed by atoms with Crippen LogP contribution in [0.25, 0.3) is 0 Å². The summed E-state index contributed by atoms with van der Waals surface area (Å²) in [5, 5.41) is 60.6. The Morgan fingerprint density at radius 1 is 0.879 bits per heavy atom. The fraction of sp³-hybridized carbons (Fsp3) is 0.667. The van der Waals surface area contributed by atoms with E-state index in [2.05, 4.69) is 0 Å². The molecule has 2 fully saturated rings. The van der Waals surface area contributed by atoms with Crippen molar-refractivity contribution in [1.29, 1.82) is 0 Å². The Hall–Kier alpha value is -1.87. The lowest BCUT2D eigenvalue weighted by molar-refractivity contribution is -0.318. The Morgan fingerprint density at radius 3 is 2.15 bits per heavy atom. The van der Waals surface area contributed by atoms with Crippen molar-refractivity contribution in [2.24, 2.45) is 0 Å². The molecule has 12 nitrogen and oxygen atoms in total. The van der Waals surface area contributed by atoms with E-state index < -0.39 is 68.0 Å². The van der Waals surface area contributed by atoms with Crippen molar-refractivity contribution in [1.82, 2.24) is 0 Å². The number of ketones is 1. The summed E-state index contributed by atoms with van der Waals surface area (Å²) >= 11 is 0. The molecule has 186 valence electrons. The molecule has 12 heteroatoms. The molecule has 0 saturated carbocycles. The van der Waals surface area contributed by atoms with E-state index in [0.29, 0.717) is 5.56 Å². The first-order chi connectivity index (χ1) is 15.5. The first-order valence-corrected chi connectivity index (χ1v) is 10.4. The highest BCUT2D eigenvalue weighted by molar-refractivity contribution is 5.94. The monoisotopic (exact) mass is 474 g/mol. The van der Waals surface area contributed by atoms with Gasteiger partial charge in [0.25, 0.3) is 0 Å². The van der Waals surface area contributed by atoms with Crippen molar-refractivity contribution in [3.8, 4) is 11.5 Å². The molecule has 33 heavy (non-hydrogen) atoms. The van der Waals surface area contributed by atoms with Crippen LogP contribution in [0, 0.1) is 0 Å². The largest absolute Gasteiger partial charge is 0.493 e. The molecule has 0 amide bonds. The standard InChI is InChI=1S/C21H30O12/c1-8(22)10-4-5-11(12(6-10)29-3)32-21-19(28)17(26)15(24)13(33-21)7-30-20-18(27)16(25)14(23)9(2)31-20/h4-6,9,13-21,23-28H,7H2,1-3H3/t9-,13+,14-,15+,16+,17-,18+,19+,20+,21+/m0/s1. The molecule has 0 spiro atoms. The average molecular weight is 474 g/mol. The van der Waals surface area contributed by atoms with Gasteiger partial charge < -0.3 is 54.3 Å². The number of methoxy groups -OCH3 is 1. The zero-order valence-corrected chi connectivity index (χ0v) is 18.3. The number of hydrogen-bond donors (Lipinski definition) is 6. The van der Waals surface area contributed by atoms with Crippen molar-refractivity contribution in [3.05, 3.63) is 23.8 Å². The van der Waals surface area contributed by atoms with E-state index in [1.165, 1.54) is 39.2 Å². The Balaban J connectivity index is 1.69. The normalized spacial score (nSPS) is 39.2. The molecule has 1 aromatic rings. The van der Waals surface area contributed by atoms with Crippen LogP contribution < -0.4 is 9.47 Å². The molecule has 2 aliphatic heterocycles. The third-order valence-corrected chi connectivity index (χ3v) is 5.71. The minimum Gasteiger partial charge on any atom is -0.493 e. The summed E-state index contributed by atoms with van der Waals surface area (Å²) in [6.45, 7) is 2.46. The Labute approximate surface area is 189 Å². The summed E-state index contributed by atoms with van der Waals surface area (Å²) in [4.78, 5) is 11.6. The van der Waals surface area contributed by atoms with Crippen molar-refractivity contribution in [2.75, 3.05) is 13.7 Å². The van der Waals surface area contributed by atoms with Gasteiger partial charge in [-0.25, -0.2) is 0 Å². The summed E-state index contributed by atoms with van der Waals surface area (Å²) in [6.07, 6.45) is -14.1. The third kappa shape index (κ3) is 5.45. The first-order valence-electron chi connectivity index (χ1n) is 10.4. The minimum absolute atomic E-state index is 0.117. The summed E-state index contributed by atoms with van der Waals surface area (Å²) < 4.78 is 27.2. The molecule has 1 aromatic carbocycles. The quantitative estimate of drug-likeness (QED) is 0.238. The van der Waals surface area contributed by atoms with Crippen molar-refractivity contribution in [2.45, 2.75) is 75.3 Å². The Morgan fingerprint density at radius 2 is 1.52 bits per heavy atom. The molecule has 3 rings (SSSR count). The molecule has 10 atom stereocenters. The van der Waals surface area contributed by atoms with Gasteiger partial charge in [-0.15, -0.1) is 0 Å². The average Bonchev–Trinajstić information content (AvgIpc) is 2.80. The van der Waals surface area contributed by atoms with Gasteiger partial charge in [-0.2, -0.15) is 0 Å². The van der Waals surface area contributed by atoms with E-state index >= 15 is 0 Å². The van der Waals surface area contributed by atoms with Crippen LogP contribution in [0.15, 0.2) is 18.2 Å². The Kier molecular flexibility index (Phi) is 8.26. The molecule has 0 bridgehead atoms. The van der Waals surface area contributed by atoms with E-state index in [-0.39, 0.29) is 17.3 Å². The van der Waals surface area contributed by atoms with Gasteiger partial charge in [0.15, 0.2) is 23.6 Å². The van der Waals surface area contributed by atoms with E-state index in [4.69, 9.17) is 23.7 Å². The molecule has 0 aliphatic carbocycles. The van der Waals surface area contributed by atoms with Crippen LogP contribution in [0.1, 0.15) is 24.2 Å². The number of Topliss-reactive ketones (excluding diaryl/α,β-unsaturated/α-hetero) is 1. The SMILES string of the molecule is COc1cc(C(C)=O)ccc1O[C@@H]1O[C@H](CO[C@@H]2O[C@@H](C)[C@H](O)[C@@H](O)[C@H]2O)[C@@H](O)[C@H](O)[C@H]1O. The van der Waals surface area contributed by atoms with Crippen LogP contribution in [-0.4, -0.2) is 112 Å². The van der Waals surface area contributed by atoms with Crippen LogP contribution in [0.5, 0.6) is 11.5 Å².